The number of hydrogen-bond donors (Lipinski definition) is 3. The maximum absolute atomic E-state index is 14.0. The predicted molar refractivity (Wildman–Crippen MR) is 172 cm³/mol. The van der Waals surface area contributed by atoms with E-state index in [1.165, 1.54) is 36.4 Å². The van der Waals surface area contributed by atoms with Gasteiger partial charge in [0.1, 0.15) is 17.8 Å². The summed E-state index contributed by atoms with van der Waals surface area (Å²) in [6, 6.07) is 23.5. The van der Waals surface area contributed by atoms with E-state index in [2.05, 4.69) is 10.6 Å². The minimum Gasteiger partial charge on any atom is -0.378 e. The molecule has 4 aromatic rings. The molecule has 12 heteroatoms. The van der Waals surface area contributed by atoms with Crippen molar-refractivity contribution in [3.63, 3.8) is 0 Å². The lowest BCUT2D eigenvalue weighted by atomic mass is 10.0. The summed E-state index contributed by atoms with van der Waals surface area (Å²) in [7, 11) is 0. The summed E-state index contributed by atoms with van der Waals surface area (Å²) in [4.78, 5) is 14.7. The Morgan fingerprint density at radius 1 is 0.771 bits per heavy atom. The van der Waals surface area contributed by atoms with Crippen molar-refractivity contribution >= 4 is 17.3 Å². The van der Waals surface area contributed by atoms with Crippen LogP contribution in [0, 0.1) is 11.6 Å². The van der Waals surface area contributed by atoms with Crippen LogP contribution in [0.25, 0.3) is 11.4 Å². The Morgan fingerprint density at radius 3 is 1.94 bits per heavy atom. The van der Waals surface area contributed by atoms with Crippen LogP contribution in [0.2, 0.25) is 0 Å². The van der Waals surface area contributed by atoms with E-state index in [0.717, 1.165) is 17.7 Å². The molecule has 0 radical (unpaired) electrons. The first-order chi connectivity index (χ1) is 23.1. The smallest absolute Gasteiger partial charge is 0.378 e. The van der Waals surface area contributed by atoms with Crippen molar-refractivity contribution in [2.45, 2.75) is 18.9 Å². The summed E-state index contributed by atoms with van der Waals surface area (Å²) >= 11 is 0. The van der Waals surface area contributed by atoms with Crippen molar-refractivity contribution < 1.29 is 36.2 Å². The molecule has 1 unspecified atom stereocenters. The first kappa shape index (κ1) is 34.6. The SMILES string of the molecule is NCCOCCOCCNC(=O)c1ccc(CN2C(c3ccc(F)cc3)=C(c3ccc(F)cc3)NC2c2ccc(C(F)(F)F)cc2)cc1. The van der Waals surface area contributed by atoms with E-state index in [0.29, 0.717) is 73.2 Å². The number of carbonyl (C=O) groups excluding carboxylic acids is 1. The van der Waals surface area contributed by atoms with Crippen molar-refractivity contribution in [1.29, 1.82) is 0 Å². The fourth-order valence-electron chi connectivity index (χ4n) is 5.30. The Labute approximate surface area is 275 Å². The molecule has 1 heterocycles. The van der Waals surface area contributed by atoms with E-state index in [4.69, 9.17) is 15.2 Å². The second-order valence-corrected chi connectivity index (χ2v) is 11.0. The van der Waals surface area contributed by atoms with Gasteiger partial charge in [0.2, 0.25) is 0 Å². The third-order valence-corrected chi connectivity index (χ3v) is 7.66. The maximum Gasteiger partial charge on any atom is 0.416 e. The van der Waals surface area contributed by atoms with Crippen LogP contribution in [0.15, 0.2) is 97.1 Å². The van der Waals surface area contributed by atoms with Gasteiger partial charge in [-0.2, -0.15) is 13.2 Å². The molecule has 1 amide bonds. The van der Waals surface area contributed by atoms with Crippen molar-refractivity contribution in [2.24, 2.45) is 5.73 Å². The summed E-state index contributed by atoms with van der Waals surface area (Å²) in [5.41, 5.74) is 8.87. The van der Waals surface area contributed by atoms with E-state index in [1.807, 2.05) is 4.90 Å². The van der Waals surface area contributed by atoms with E-state index in [-0.39, 0.29) is 12.5 Å². The largest absolute Gasteiger partial charge is 0.416 e. The van der Waals surface area contributed by atoms with Crippen molar-refractivity contribution in [3.05, 3.63) is 142 Å². The molecule has 1 aliphatic rings. The van der Waals surface area contributed by atoms with Crippen molar-refractivity contribution in [3.8, 4) is 0 Å². The molecule has 48 heavy (non-hydrogen) atoms. The average molecular weight is 667 g/mol. The molecule has 0 saturated carbocycles. The fraction of sp³-hybridized carbons (Fsp3) is 0.250. The van der Waals surface area contributed by atoms with Gasteiger partial charge in [-0.3, -0.25) is 4.79 Å². The first-order valence-corrected chi connectivity index (χ1v) is 15.3. The Kier molecular flexibility index (Phi) is 11.4. The highest BCUT2D eigenvalue weighted by Crippen LogP contribution is 2.42. The number of carbonyl (C=O) groups is 1. The minimum atomic E-state index is -4.50. The number of nitrogens with two attached hydrogens (primary N) is 1. The van der Waals surface area contributed by atoms with Crippen LogP contribution >= 0.6 is 0 Å². The molecule has 1 atom stereocenters. The molecule has 0 fully saturated rings. The molecule has 0 saturated heterocycles. The lowest BCUT2D eigenvalue weighted by Crippen LogP contribution is -2.29. The van der Waals surface area contributed by atoms with Gasteiger partial charge in [-0.1, -0.05) is 24.3 Å². The number of amides is 1. The Morgan fingerprint density at radius 2 is 1.35 bits per heavy atom. The van der Waals surface area contributed by atoms with Crippen LogP contribution in [0.5, 0.6) is 0 Å². The molecule has 252 valence electrons. The molecule has 5 rings (SSSR count). The van der Waals surface area contributed by atoms with Crippen LogP contribution in [0.3, 0.4) is 0 Å². The maximum atomic E-state index is 14.0. The lowest BCUT2D eigenvalue weighted by Gasteiger charge is -2.30. The quantitative estimate of drug-likeness (QED) is 0.108. The number of alkyl halides is 3. The van der Waals surface area contributed by atoms with E-state index in [9.17, 15) is 26.7 Å². The molecule has 7 nitrogen and oxygen atoms in total. The molecular formula is C36H35F5N4O3. The van der Waals surface area contributed by atoms with E-state index >= 15 is 0 Å². The highest BCUT2D eigenvalue weighted by molar-refractivity contribution is 5.94. The number of halogens is 5. The van der Waals surface area contributed by atoms with Crippen LogP contribution in [-0.2, 0) is 22.2 Å². The van der Waals surface area contributed by atoms with Gasteiger partial charge in [-0.15, -0.1) is 0 Å². The van der Waals surface area contributed by atoms with Crippen LogP contribution < -0.4 is 16.4 Å². The zero-order valence-electron chi connectivity index (χ0n) is 25.9. The normalized spacial score (nSPS) is 14.7. The third kappa shape index (κ3) is 8.77. The second-order valence-electron chi connectivity index (χ2n) is 11.0. The number of nitrogens with zero attached hydrogens (tertiary/aromatic N) is 1. The molecule has 0 aliphatic carbocycles. The lowest BCUT2D eigenvalue weighted by molar-refractivity contribution is -0.137. The van der Waals surface area contributed by atoms with Gasteiger partial charge in [-0.05, 0) is 83.9 Å². The summed E-state index contributed by atoms with van der Waals surface area (Å²) in [5.74, 6) is -1.14. The molecule has 4 aromatic carbocycles. The Bertz CT molecular complexity index is 1680. The number of rotatable bonds is 14. The highest BCUT2D eigenvalue weighted by Gasteiger charge is 2.35. The minimum absolute atomic E-state index is 0.262. The Hall–Kier alpha value is -4.78. The molecule has 0 bridgehead atoms. The van der Waals surface area contributed by atoms with Crippen LogP contribution in [0.4, 0.5) is 22.0 Å². The second kappa shape index (κ2) is 15.9. The first-order valence-electron chi connectivity index (χ1n) is 15.3. The molecule has 1 aliphatic heterocycles. The third-order valence-electron chi connectivity index (χ3n) is 7.66. The van der Waals surface area contributed by atoms with Gasteiger partial charge >= 0.3 is 6.18 Å². The number of benzene rings is 4. The van der Waals surface area contributed by atoms with Crippen molar-refractivity contribution in [1.82, 2.24) is 15.5 Å². The van der Waals surface area contributed by atoms with E-state index < -0.39 is 29.5 Å². The molecule has 4 N–H and O–H groups in total. The van der Waals surface area contributed by atoms with Crippen LogP contribution in [-0.4, -0.2) is 50.3 Å². The number of nitrogens with one attached hydrogen (secondary N) is 2. The summed E-state index contributed by atoms with van der Waals surface area (Å²) < 4.78 is 78.8. The van der Waals surface area contributed by atoms with Gasteiger partial charge in [0, 0.05) is 36.3 Å². The van der Waals surface area contributed by atoms with Gasteiger partial charge in [0.05, 0.1) is 43.4 Å². The van der Waals surface area contributed by atoms with Gasteiger partial charge in [0.15, 0.2) is 0 Å². The van der Waals surface area contributed by atoms with Crippen LogP contribution in [0.1, 0.15) is 44.3 Å². The zero-order valence-corrected chi connectivity index (χ0v) is 25.9. The summed E-state index contributed by atoms with van der Waals surface area (Å²) in [5, 5.41) is 6.24. The zero-order chi connectivity index (χ0) is 34.1. The van der Waals surface area contributed by atoms with Crippen molar-refractivity contribution in [2.75, 3.05) is 39.5 Å². The molecule has 0 aromatic heterocycles. The number of hydrogen-bond acceptors (Lipinski definition) is 6. The monoisotopic (exact) mass is 666 g/mol. The van der Waals surface area contributed by atoms with E-state index in [1.54, 1.807) is 48.5 Å². The standard InChI is InChI=1S/C36H35F5N4O3/c37-30-13-7-25(8-14-30)32-33(26-9-15-31(38)16-10-26)45(34(44-32)27-5-11-29(12-6-27)36(39,40)41)23-24-1-3-28(4-2-24)35(46)43-18-20-48-22-21-47-19-17-42/h1-16,34,44H,17-23,42H2,(H,43,46). The highest BCUT2D eigenvalue weighted by atomic mass is 19.4. The van der Waals surface area contributed by atoms with Gasteiger partial charge in [-0.25, -0.2) is 8.78 Å². The summed E-state index contributed by atoms with van der Waals surface area (Å²) in [6.07, 6.45) is -5.14. The average Bonchev–Trinajstić information content (AvgIpc) is 3.45. The fourth-order valence-corrected chi connectivity index (χ4v) is 5.30. The number of ether oxygens (including phenoxy) is 2. The molecule has 0 spiro atoms. The topological polar surface area (TPSA) is 88.9 Å². The summed E-state index contributed by atoms with van der Waals surface area (Å²) in [6.45, 7) is 2.59. The van der Waals surface area contributed by atoms with Gasteiger partial charge in [0.25, 0.3) is 5.91 Å². The molecular weight excluding hydrogens is 631 g/mol. The predicted octanol–water partition coefficient (Wildman–Crippen LogP) is 6.34. The van der Waals surface area contributed by atoms with Gasteiger partial charge < -0.3 is 30.7 Å². The Balaban J connectivity index is 1.40.